The summed E-state index contributed by atoms with van der Waals surface area (Å²) in [5, 5.41) is 7.83. The fourth-order valence-electron chi connectivity index (χ4n) is 1.73. The summed E-state index contributed by atoms with van der Waals surface area (Å²) in [6, 6.07) is 5.55. The number of halogens is 1. The molecule has 1 aromatic heterocycles. The molecule has 0 saturated carbocycles. The number of nitrogens with one attached hydrogen (secondary N) is 1. The van der Waals surface area contributed by atoms with Crippen LogP contribution in [-0.2, 0) is 13.2 Å². The molecule has 2 rings (SSSR count). The zero-order chi connectivity index (χ0) is 15.5. The second-order valence-electron chi connectivity index (χ2n) is 5.88. The van der Waals surface area contributed by atoms with E-state index in [1.165, 1.54) is 0 Å². The van der Waals surface area contributed by atoms with Crippen molar-refractivity contribution in [1.82, 2.24) is 15.5 Å². The van der Waals surface area contributed by atoms with Gasteiger partial charge in [-0.25, -0.2) is 0 Å². The summed E-state index contributed by atoms with van der Waals surface area (Å²) in [5.74, 6) is 1.81. The summed E-state index contributed by atoms with van der Waals surface area (Å²) in [6.45, 7) is 9.01. The van der Waals surface area contributed by atoms with Gasteiger partial charge in [-0.1, -0.05) is 16.8 Å². The van der Waals surface area contributed by atoms with Gasteiger partial charge in [-0.2, -0.15) is 4.98 Å². The van der Waals surface area contributed by atoms with E-state index in [4.69, 9.17) is 20.9 Å². The predicted octanol–water partition coefficient (Wildman–Crippen LogP) is 3.50. The molecule has 2 aromatic rings. The lowest BCUT2D eigenvalue weighted by atomic mass is 10.1. The van der Waals surface area contributed by atoms with E-state index >= 15 is 0 Å². The van der Waals surface area contributed by atoms with Gasteiger partial charge in [-0.3, -0.25) is 0 Å². The molecule has 1 N–H and O–H groups in total. The zero-order valence-corrected chi connectivity index (χ0v) is 13.5. The Morgan fingerprint density at radius 3 is 2.71 bits per heavy atom. The molecule has 0 unspecified atom stereocenters. The number of rotatable bonds is 5. The molecule has 0 radical (unpaired) electrons. The summed E-state index contributed by atoms with van der Waals surface area (Å²) in [7, 11) is 0. The van der Waals surface area contributed by atoms with Gasteiger partial charge in [0.1, 0.15) is 5.75 Å². The number of nitrogens with zero attached hydrogens (tertiary/aromatic N) is 2. The third-order valence-electron chi connectivity index (χ3n) is 2.75. The average molecular weight is 310 g/mol. The van der Waals surface area contributed by atoms with Crippen molar-refractivity contribution in [2.45, 2.75) is 46.4 Å². The number of aryl methyl sites for hydroxylation is 1. The van der Waals surface area contributed by atoms with Crippen molar-refractivity contribution in [3.8, 4) is 5.75 Å². The monoisotopic (exact) mass is 309 g/mol. The molecule has 21 heavy (non-hydrogen) atoms. The SMILES string of the molecule is Cc1noc(COc2ccc(Cl)cc2CNC(C)(C)C)n1. The largest absolute Gasteiger partial charge is 0.483 e. The third-order valence-corrected chi connectivity index (χ3v) is 2.99. The summed E-state index contributed by atoms with van der Waals surface area (Å²) in [5.41, 5.74) is 1.01. The van der Waals surface area contributed by atoms with Gasteiger partial charge in [0.15, 0.2) is 12.4 Å². The van der Waals surface area contributed by atoms with Crippen molar-refractivity contribution in [3.63, 3.8) is 0 Å². The van der Waals surface area contributed by atoms with E-state index in [0.29, 0.717) is 23.3 Å². The van der Waals surface area contributed by atoms with Crippen LogP contribution in [0.1, 0.15) is 38.0 Å². The topological polar surface area (TPSA) is 60.2 Å². The molecule has 0 fully saturated rings. The fourth-order valence-corrected chi connectivity index (χ4v) is 1.92. The molecule has 0 amide bonds. The maximum atomic E-state index is 6.06. The van der Waals surface area contributed by atoms with Crippen molar-refractivity contribution >= 4 is 11.6 Å². The van der Waals surface area contributed by atoms with Gasteiger partial charge in [0.2, 0.25) is 0 Å². The smallest absolute Gasteiger partial charge is 0.264 e. The molecule has 6 heteroatoms. The first-order chi connectivity index (χ1) is 9.83. The standard InChI is InChI=1S/C15H20ClN3O2/c1-10-18-14(21-19-10)9-20-13-6-5-12(16)7-11(13)8-17-15(2,3)4/h5-7,17H,8-9H2,1-4H3. The van der Waals surface area contributed by atoms with Gasteiger partial charge >= 0.3 is 0 Å². The minimum Gasteiger partial charge on any atom is -0.483 e. The average Bonchev–Trinajstić information content (AvgIpc) is 2.80. The maximum Gasteiger partial charge on any atom is 0.264 e. The molecule has 0 bridgehead atoms. The normalized spacial score (nSPS) is 11.7. The van der Waals surface area contributed by atoms with E-state index in [0.717, 1.165) is 11.3 Å². The maximum absolute atomic E-state index is 6.06. The van der Waals surface area contributed by atoms with Crippen LogP contribution in [0.4, 0.5) is 0 Å². The molecular weight excluding hydrogens is 290 g/mol. The highest BCUT2D eigenvalue weighted by molar-refractivity contribution is 6.30. The second kappa shape index (κ2) is 6.45. The summed E-state index contributed by atoms with van der Waals surface area (Å²) in [6.07, 6.45) is 0. The lowest BCUT2D eigenvalue weighted by Gasteiger charge is -2.21. The molecule has 0 aliphatic rings. The van der Waals surface area contributed by atoms with Crippen molar-refractivity contribution in [3.05, 3.63) is 40.5 Å². The van der Waals surface area contributed by atoms with E-state index in [1.807, 2.05) is 12.1 Å². The Morgan fingerprint density at radius 2 is 2.10 bits per heavy atom. The first kappa shape index (κ1) is 15.8. The predicted molar refractivity (Wildman–Crippen MR) is 81.4 cm³/mol. The Hall–Kier alpha value is -1.59. The Morgan fingerprint density at radius 1 is 1.33 bits per heavy atom. The van der Waals surface area contributed by atoms with E-state index < -0.39 is 0 Å². The Bertz CT molecular complexity index is 605. The Balaban J connectivity index is 2.07. The quantitative estimate of drug-likeness (QED) is 0.916. The van der Waals surface area contributed by atoms with Gasteiger partial charge < -0.3 is 14.6 Å². The first-order valence-electron chi connectivity index (χ1n) is 6.79. The van der Waals surface area contributed by atoms with Gasteiger partial charge in [0.05, 0.1) is 0 Å². The summed E-state index contributed by atoms with van der Waals surface area (Å²) >= 11 is 6.06. The molecule has 0 saturated heterocycles. The molecule has 114 valence electrons. The zero-order valence-electron chi connectivity index (χ0n) is 12.7. The highest BCUT2D eigenvalue weighted by Crippen LogP contribution is 2.24. The van der Waals surface area contributed by atoms with Crippen molar-refractivity contribution in [1.29, 1.82) is 0 Å². The summed E-state index contributed by atoms with van der Waals surface area (Å²) < 4.78 is 10.8. The Labute approximate surface area is 129 Å². The lowest BCUT2D eigenvalue weighted by molar-refractivity contribution is 0.240. The van der Waals surface area contributed by atoms with E-state index in [1.54, 1.807) is 13.0 Å². The first-order valence-corrected chi connectivity index (χ1v) is 7.17. The van der Waals surface area contributed by atoms with Crippen LogP contribution in [0.15, 0.2) is 22.7 Å². The molecule has 0 aliphatic heterocycles. The molecule has 0 aliphatic carbocycles. The van der Waals surface area contributed by atoms with Crippen LogP contribution in [0.25, 0.3) is 0 Å². The van der Waals surface area contributed by atoms with Crippen LogP contribution in [0.3, 0.4) is 0 Å². The highest BCUT2D eigenvalue weighted by atomic mass is 35.5. The lowest BCUT2D eigenvalue weighted by Crippen LogP contribution is -2.35. The second-order valence-corrected chi connectivity index (χ2v) is 6.32. The van der Waals surface area contributed by atoms with Gasteiger partial charge in [0, 0.05) is 22.7 Å². The molecule has 0 spiro atoms. The van der Waals surface area contributed by atoms with Crippen molar-refractivity contribution < 1.29 is 9.26 Å². The van der Waals surface area contributed by atoms with Crippen molar-refractivity contribution in [2.75, 3.05) is 0 Å². The summed E-state index contributed by atoms with van der Waals surface area (Å²) in [4.78, 5) is 4.11. The number of hydrogen-bond donors (Lipinski definition) is 1. The number of hydrogen-bond acceptors (Lipinski definition) is 5. The van der Waals surface area contributed by atoms with Crippen molar-refractivity contribution in [2.24, 2.45) is 0 Å². The van der Waals surface area contributed by atoms with Crippen LogP contribution in [0, 0.1) is 6.92 Å². The number of ether oxygens (including phenoxy) is 1. The molecule has 5 nitrogen and oxygen atoms in total. The van der Waals surface area contributed by atoms with E-state index in [-0.39, 0.29) is 12.1 Å². The highest BCUT2D eigenvalue weighted by Gasteiger charge is 2.12. The van der Waals surface area contributed by atoms with Gasteiger partial charge in [-0.15, -0.1) is 0 Å². The van der Waals surface area contributed by atoms with E-state index in [9.17, 15) is 0 Å². The third kappa shape index (κ3) is 5.02. The minimum absolute atomic E-state index is 0.0171. The minimum atomic E-state index is 0.0171. The molecule has 1 heterocycles. The molecule has 1 aromatic carbocycles. The van der Waals surface area contributed by atoms with Crippen LogP contribution in [0.5, 0.6) is 5.75 Å². The van der Waals surface area contributed by atoms with Gasteiger partial charge in [-0.05, 0) is 45.9 Å². The van der Waals surface area contributed by atoms with Crippen LogP contribution in [-0.4, -0.2) is 15.7 Å². The van der Waals surface area contributed by atoms with Gasteiger partial charge in [0.25, 0.3) is 5.89 Å². The van der Waals surface area contributed by atoms with E-state index in [2.05, 4.69) is 36.2 Å². The molecule has 0 atom stereocenters. The van der Waals surface area contributed by atoms with Crippen LogP contribution in [0.2, 0.25) is 5.02 Å². The van der Waals surface area contributed by atoms with Crippen LogP contribution >= 0.6 is 11.6 Å². The van der Waals surface area contributed by atoms with Crippen LogP contribution < -0.4 is 10.1 Å². The number of benzene rings is 1. The molecular formula is C15H20ClN3O2. The number of aromatic nitrogens is 2. The Kier molecular flexibility index (Phi) is 4.85. The fraction of sp³-hybridized carbons (Fsp3) is 0.467.